The van der Waals surface area contributed by atoms with Gasteiger partial charge >= 0.3 is 0 Å². The fourth-order valence-electron chi connectivity index (χ4n) is 2.70. The Morgan fingerprint density at radius 3 is 1.58 bits per heavy atom. The second-order valence-electron chi connectivity index (χ2n) is 5.79. The molecule has 0 unspecified atom stereocenters. The Hall–Kier alpha value is -0.573. The van der Waals surface area contributed by atoms with Crippen molar-refractivity contribution in [1.82, 2.24) is 0 Å². The van der Waals surface area contributed by atoms with Crippen LogP contribution in [0.4, 0.5) is 0 Å². The van der Waals surface area contributed by atoms with Crippen molar-refractivity contribution in [2.45, 2.75) is 84.4 Å². The molecule has 0 bridgehead atoms. The molecule has 19 heavy (non-hydrogen) atoms. The predicted molar refractivity (Wildman–Crippen MR) is 83.7 cm³/mol. The number of hydrogen-bond acceptors (Lipinski definition) is 2. The highest BCUT2D eigenvalue weighted by molar-refractivity contribution is 6.84. The van der Waals surface area contributed by atoms with Gasteiger partial charge in [-0.3, -0.25) is 0 Å². The Morgan fingerprint density at radius 1 is 0.947 bits per heavy atom. The van der Waals surface area contributed by atoms with Gasteiger partial charge in [-0.25, -0.2) is 0 Å². The lowest BCUT2D eigenvalue weighted by Crippen LogP contribution is -2.34. The normalized spacial score (nSPS) is 12.7. The van der Waals surface area contributed by atoms with Crippen LogP contribution in [0.25, 0.3) is 0 Å². The number of aliphatic carboxylic acids is 1. The lowest BCUT2D eigenvalue weighted by molar-refractivity contribution is -0.299. The van der Waals surface area contributed by atoms with E-state index < -0.39 is 14.0 Å². The maximum absolute atomic E-state index is 11.0. The number of rotatable bonds is 11. The van der Waals surface area contributed by atoms with E-state index in [0.29, 0.717) is 5.57 Å². The van der Waals surface area contributed by atoms with Crippen molar-refractivity contribution < 1.29 is 9.90 Å². The summed E-state index contributed by atoms with van der Waals surface area (Å²) in [6.07, 6.45) is 7.30. The van der Waals surface area contributed by atoms with Crippen LogP contribution >= 0.6 is 0 Å². The summed E-state index contributed by atoms with van der Waals surface area (Å²) in [5, 5.41) is 11.0. The smallest absolute Gasteiger partial charge is 0.0782 e. The minimum atomic E-state index is -1.57. The van der Waals surface area contributed by atoms with Gasteiger partial charge < -0.3 is 9.90 Å². The van der Waals surface area contributed by atoms with Gasteiger partial charge in [0.1, 0.15) is 0 Å². The number of carbonyl (C=O) groups is 1. The first kappa shape index (κ1) is 18.4. The molecule has 0 radical (unpaired) electrons. The molecule has 0 saturated heterocycles. The highest BCUT2D eigenvalue weighted by Crippen LogP contribution is 2.30. The summed E-state index contributed by atoms with van der Waals surface area (Å²) in [5.74, 6) is -0.985. The van der Waals surface area contributed by atoms with Crippen LogP contribution in [-0.4, -0.2) is 14.0 Å². The van der Waals surface area contributed by atoms with E-state index in [0.717, 1.165) is 0 Å². The Balaban J connectivity index is 5.07. The topological polar surface area (TPSA) is 40.1 Å². The van der Waals surface area contributed by atoms with Gasteiger partial charge in [0.05, 0.1) is 14.0 Å². The van der Waals surface area contributed by atoms with Gasteiger partial charge in [-0.2, -0.15) is 0 Å². The van der Waals surface area contributed by atoms with Crippen LogP contribution in [0, 0.1) is 0 Å². The SMILES string of the molecule is CCCC[Si](/C=C(\C)C(=O)[O-])(CCCC)CCCC. The average Bonchev–Trinajstić information content (AvgIpc) is 2.40. The summed E-state index contributed by atoms with van der Waals surface area (Å²) in [5.41, 5.74) is 2.61. The Bertz CT molecular complexity index is 263. The summed E-state index contributed by atoms with van der Waals surface area (Å²) >= 11 is 0. The van der Waals surface area contributed by atoms with Gasteiger partial charge in [-0.15, -0.1) is 0 Å². The summed E-state index contributed by atoms with van der Waals surface area (Å²) in [6.45, 7) is 8.36. The molecule has 0 aromatic heterocycles. The molecule has 0 aliphatic rings. The summed E-state index contributed by atoms with van der Waals surface area (Å²) in [7, 11) is -1.57. The highest BCUT2D eigenvalue weighted by Gasteiger charge is 2.28. The minimum absolute atomic E-state index is 0.468. The Labute approximate surface area is 120 Å². The van der Waals surface area contributed by atoms with Crippen LogP contribution in [0.15, 0.2) is 11.3 Å². The van der Waals surface area contributed by atoms with Crippen molar-refractivity contribution >= 4 is 14.0 Å². The van der Waals surface area contributed by atoms with E-state index in [1.807, 2.05) is 0 Å². The van der Waals surface area contributed by atoms with Crippen LogP contribution in [0.1, 0.15) is 66.2 Å². The number of carboxylic acids is 1. The van der Waals surface area contributed by atoms with Crippen molar-refractivity contribution in [3.8, 4) is 0 Å². The maximum atomic E-state index is 11.0. The van der Waals surface area contributed by atoms with Crippen LogP contribution < -0.4 is 5.11 Å². The maximum Gasteiger partial charge on any atom is 0.0782 e. The average molecular weight is 284 g/mol. The first-order valence-corrected chi connectivity index (χ1v) is 10.6. The zero-order valence-corrected chi connectivity index (χ0v) is 14.3. The molecule has 0 N–H and O–H groups in total. The van der Waals surface area contributed by atoms with E-state index >= 15 is 0 Å². The van der Waals surface area contributed by atoms with Crippen molar-refractivity contribution in [2.75, 3.05) is 0 Å². The second kappa shape index (κ2) is 10.2. The van der Waals surface area contributed by atoms with E-state index in [2.05, 4.69) is 26.5 Å². The number of hydrogen-bond donors (Lipinski definition) is 0. The first-order valence-electron chi connectivity index (χ1n) is 7.92. The van der Waals surface area contributed by atoms with Gasteiger partial charge in [-0.1, -0.05) is 83.1 Å². The molecule has 0 fully saturated rings. The van der Waals surface area contributed by atoms with Gasteiger partial charge in [0.15, 0.2) is 0 Å². The van der Waals surface area contributed by atoms with Gasteiger partial charge in [0, 0.05) is 0 Å². The zero-order chi connectivity index (χ0) is 14.7. The quantitative estimate of drug-likeness (QED) is 0.423. The molecular weight excluding hydrogens is 252 g/mol. The van der Waals surface area contributed by atoms with Gasteiger partial charge in [-0.05, 0) is 12.5 Å². The van der Waals surface area contributed by atoms with Crippen LogP contribution in [0.2, 0.25) is 18.1 Å². The molecule has 0 rings (SSSR count). The Kier molecular flexibility index (Phi) is 9.93. The lowest BCUT2D eigenvalue weighted by atomic mass is 10.4. The largest absolute Gasteiger partial charge is 0.545 e. The zero-order valence-electron chi connectivity index (χ0n) is 13.3. The molecule has 0 heterocycles. The van der Waals surface area contributed by atoms with Crippen molar-refractivity contribution in [3.63, 3.8) is 0 Å². The molecule has 112 valence electrons. The highest BCUT2D eigenvalue weighted by atomic mass is 28.3. The molecule has 0 amide bonds. The number of unbranched alkanes of at least 4 members (excludes halogenated alkanes) is 3. The Morgan fingerprint density at radius 2 is 1.32 bits per heavy atom. The van der Waals surface area contributed by atoms with Crippen molar-refractivity contribution in [2.24, 2.45) is 0 Å². The van der Waals surface area contributed by atoms with Crippen LogP contribution in [-0.2, 0) is 4.79 Å². The van der Waals surface area contributed by atoms with E-state index in [4.69, 9.17) is 0 Å². The molecule has 0 aromatic rings. The molecule has 0 spiro atoms. The lowest BCUT2D eigenvalue weighted by Gasteiger charge is -2.30. The standard InChI is InChI=1S/C16H32O2Si/c1-5-8-11-19(12-9-6-2,13-10-7-3)14-15(4)16(17)18/h14H,5-13H2,1-4H3,(H,17,18)/p-1/b15-14+. The van der Waals surface area contributed by atoms with Crippen LogP contribution in [0.3, 0.4) is 0 Å². The van der Waals surface area contributed by atoms with E-state index in [1.54, 1.807) is 6.92 Å². The molecule has 0 atom stereocenters. The van der Waals surface area contributed by atoms with Gasteiger partial charge in [0.25, 0.3) is 0 Å². The third-order valence-corrected chi connectivity index (χ3v) is 9.02. The van der Waals surface area contributed by atoms with Crippen molar-refractivity contribution in [1.29, 1.82) is 0 Å². The fourth-order valence-corrected chi connectivity index (χ4v) is 8.09. The van der Waals surface area contributed by atoms with E-state index in [9.17, 15) is 9.90 Å². The summed E-state index contributed by atoms with van der Waals surface area (Å²) < 4.78 is 0. The third kappa shape index (κ3) is 7.56. The summed E-state index contributed by atoms with van der Waals surface area (Å²) in [4.78, 5) is 11.0. The molecule has 0 saturated carbocycles. The minimum Gasteiger partial charge on any atom is -0.545 e. The second-order valence-corrected chi connectivity index (χ2v) is 10.3. The molecule has 3 heteroatoms. The molecule has 2 nitrogen and oxygen atoms in total. The summed E-state index contributed by atoms with van der Waals surface area (Å²) in [6, 6.07) is 3.73. The molecule has 0 aromatic carbocycles. The molecule has 0 aliphatic carbocycles. The predicted octanol–water partition coefficient (Wildman–Crippen LogP) is 4.07. The molecular formula is C16H31O2Si-. The van der Waals surface area contributed by atoms with E-state index in [-0.39, 0.29) is 0 Å². The molecule has 0 aliphatic heterocycles. The van der Waals surface area contributed by atoms with Gasteiger partial charge in [0.2, 0.25) is 0 Å². The first-order chi connectivity index (χ1) is 9.01. The van der Waals surface area contributed by atoms with Crippen molar-refractivity contribution in [3.05, 3.63) is 11.3 Å². The fraction of sp³-hybridized carbons (Fsp3) is 0.812. The number of carbonyl (C=O) groups excluding carboxylic acids is 1. The monoisotopic (exact) mass is 283 g/mol. The number of carboxylic acid groups (broad SMARTS) is 1. The van der Waals surface area contributed by atoms with Crippen LogP contribution in [0.5, 0.6) is 0 Å². The third-order valence-electron chi connectivity index (χ3n) is 3.93. The van der Waals surface area contributed by atoms with E-state index in [1.165, 1.54) is 56.7 Å².